The SMILES string of the molecule is Cc1cccc2c1C1CCCCN1C2. The molecule has 1 unspecified atom stereocenters. The van der Waals surface area contributed by atoms with Gasteiger partial charge in [0.1, 0.15) is 0 Å². The summed E-state index contributed by atoms with van der Waals surface area (Å²) in [5.74, 6) is 0. The van der Waals surface area contributed by atoms with Gasteiger partial charge in [-0.15, -0.1) is 0 Å². The van der Waals surface area contributed by atoms with Crippen molar-refractivity contribution in [2.75, 3.05) is 6.54 Å². The third kappa shape index (κ3) is 1.12. The first-order valence-corrected chi connectivity index (χ1v) is 5.69. The van der Waals surface area contributed by atoms with Crippen LogP contribution in [0.2, 0.25) is 0 Å². The Kier molecular flexibility index (Phi) is 1.88. The van der Waals surface area contributed by atoms with Crippen LogP contribution in [-0.2, 0) is 6.54 Å². The van der Waals surface area contributed by atoms with Crippen LogP contribution in [0.3, 0.4) is 0 Å². The summed E-state index contributed by atoms with van der Waals surface area (Å²) in [6, 6.07) is 7.52. The second kappa shape index (κ2) is 3.09. The molecule has 1 heteroatoms. The zero-order valence-corrected chi connectivity index (χ0v) is 8.79. The highest BCUT2D eigenvalue weighted by atomic mass is 15.2. The fourth-order valence-electron chi connectivity index (χ4n) is 3.08. The zero-order valence-electron chi connectivity index (χ0n) is 8.79. The second-order valence-electron chi connectivity index (χ2n) is 4.63. The van der Waals surface area contributed by atoms with Gasteiger partial charge in [-0.05, 0) is 43.0 Å². The van der Waals surface area contributed by atoms with Crippen molar-refractivity contribution < 1.29 is 0 Å². The molecule has 3 rings (SSSR count). The molecular formula is C13H17N. The summed E-state index contributed by atoms with van der Waals surface area (Å²) in [7, 11) is 0. The predicted octanol–water partition coefficient (Wildman–Crippen LogP) is 3.04. The smallest absolute Gasteiger partial charge is 0.0357 e. The number of nitrogens with zero attached hydrogens (tertiary/aromatic N) is 1. The molecule has 0 aliphatic carbocycles. The van der Waals surface area contributed by atoms with E-state index in [9.17, 15) is 0 Å². The molecule has 0 spiro atoms. The minimum atomic E-state index is 0.750. The van der Waals surface area contributed by atoms with Gasteiger partial charge in [-0.2, -0.15) is 0 Å². The molecule has 0 aromatic heterocycles. The van der Waals surface area contributed by atoms with E-state index in [4.69, 9.17) is 0 Å². The molecule has 74 valence electrons. The quantitative estimate of drug-likeness (QED) is 0.603. The fraction of sp³-hybridized carbons (Fsp3) is 0.538. The highest BCUT2D eigenvalue weighted by molar-refractivity contribution is 5.40. The molecule has 1 aromatic carbocycles. The summed E-state index contributed by atoms with van der Waals surface area (Å²) in [5, 5.41) is 0. The van der Waals surface area contributed by atoms with E-state index in [0.29, 0.717) is 0 Å². The van der Waals surface area contributed by atoms with Crippen molar-refractivity contribution in [3.63, 3.8) is 0 Å². The number of piperidine rings is 1. The Morgan fingerprint density at radius 3 is 3.14 bits per heavy atom. The largest absolute Gasteiger partial charge is 0.292 e. The van der Waals surface area contributed by atoms with Crippen molar-refractivity contribution in [2.45, 2.75) is 38.8 Å². The third-order valence-corrected chi connectivity index (χ3v) is 3.73. The van der Waals surface area contributed by atoms with Gasteiger partial charge in [-0.25, -0.2) is 0 Å². The van der Waals surface area contributed by atoms with Crippen LogP contribution in [0.5, 0.6) is 0 Å². The van der Waals surface area contributed by atoms with Crippen LogP contribution in [0.25, 0.3) is 0 Å². The lowest BCUT2D eigenvalue weighted by atomic mass is 9.94. The lowest BCUT2D eigenvalue weighted by Crippen LogP contribution is -2.27. The van der Waals surface area contributed by atoms with Crippen molar-refractivity contribution in [2.24, 2.45) is 0 Å². The highest BCUT2D eigenvalue weighted by Crippen LogP contribution is 2.41. The molecular weight excluding hydrogens is 170 g/mol. The number of aryl methyl sites for hydroxylation is 1. The van der Waals surface area contributed by atoms with Gasteiger partial charge in [0.05, 0.1) is 0 Å². The number of rotatable bonds is 0. The van der Waals surface area contributed by atoms with E-state index < -0.39 is 0 Å². The Morgan fingerprint density at radius 2 is 2.21 bits per heavy atom. The molecule has 1 saturated heterocycles. The lowest BCUT2D eigenvalue weighted by molar-refractivity contribution is 0.164. The molecule has 0 saturated carbocycles. The van der Waals surface area contributed by atoms with E-state index >= 15 is 0 Å². The van der Waals surface area contributed by atoms with Crippen molar-refractivity contribution in [3.8, 4) is 0 Å². The minimum absolute atomic E-state index is 0.750. The van der Waals surface area contributed by atoms with E-state index in [-0.39, 0.29) is 0 Å². The maximum absolute atomic E-state index is 2.65. The van der Waals surface area contributed by atoms with Crippen LogP contribution in [0.1, 0.15) is 42.0 Å². The molecule has 1 fully saturated rings. The van der Waals surface area contributed by atoms with Crippen LogP contribution >= 0.6 is 0 Å². The molecule has 1 atom stereocenters. The van der Waals surface area contributed by atoms with E-state index in [0.717, 1.165) is 6.04 Å². The lowest BCUT2D eigenvalue weighted by Gasteiger charge is -2.30. The van der Waals surface area contributed by atoms with Crippen LogP contribution < -0.4 is 0 Å². The molecule has 2 aliphatic rings. The number of hydrogen-bond acceptors (Lipinski definition) is 1. The average molecular weight is 187 g/mol. The van der Waals surface area contributed by atoms with Crippen LogP contribution in [0.4, 0.5) is 0 Å². The molecule has 0 N–H and O–H groups in total. The summed E-state index contributed by atoms with van der Waals surface area (Å²) in [5.41, 5.74) is 4.72. The van der Waals surface area contributed by atoms with Crippen molar-refractivity contribution >= 4 is 0 Å². The normalized spacial score (nSPS) is 25.9. The summed E-state index contributed by atoms with van der Waals surface area (Å²) in [6.45, 7) is 4.76. The summed E-state index contributed by atoms with van der Waals surface area (Å²) >= 11 is 0. The molecule has 1 nitrogen and oxygen atoms in total. The molecule has 14 heavy (non-hydrogen) atoms. The predicted molar refractivity (Wildman–Crippen MR) is 58.2 cm³/mol. The van der Waals surface area contributed by atoms with Crippen molar-refractivity contribution in [1.82, 2.24) is 4.90 Å². The van der Waals surface area contributed by atoms with E-state index in [2.05, 4.69) is 30.0 Å². The second-order valence-corrected chi connectivity index (χ2v) is 4.63. The van der Waals surface area contributed by atoms with Gasteiger partial charge in [0.15, 0.2) is 0 Å². The zero-order chi connectivity index (χ0) is 9.54. The third-order valence-electron chi connectivity index (χ3n) is 3.73. The van der Waals surface area contributed by atoms with Gasteiger partial charge in [0.2, 0.25) is 0 Å². The maximum atomic E-state index is 2.65. The van der Waals surface area contributed by atoms with Crippen LogP contribution in [0, 0.1) is 6.92 Å². The molecule has 1 aromatic rings. The first kappa shape index (κ1) is 8.49. The summed E-state index contributed by atoms with van der Waals surface area (Å²) in [4.78, 5) is 2.65. The van der Waals surface area contributed by atoms with Crippen LogP contribution in [-0.4, -0.2) is 11.4 Å². The molecule has 0 amide bonds. The Bertz CT molecular complexity index is 356. The molecule has 0 bridgehead atoms. The molecule has 2 heterocycles. The van der Waals surface area contributed by atoms with Crippen molar-refractivity contribution in [3.05, 3.63) is 34.9 Å². The molecule has 0 radical (unpaired) electrons. The average Bonchev–Trinajstić information content (AvgIpc) is 2.57. The Labute approximate surface area is 85.7 Å². The number of hydrogen-bond donors (Lipinski definition) is 0. The minimum Gasteiger partial charge on any atom is -0.292 e. The Hall–Kier alpha value is -0.820. The highest BCUT2D eigenvalue weighted by Gasteiger charge is 2.32. The maximum Gasteiger partial charge on any atom is 0.0357 e. The Balaban J connectivity index is 2.06. The van der Waals surface area contributed by atoms with Gasteiger partial charge < -0.3 is 0 Å². The summed E-state index contributed by atoms with van der Waals surface area (Å²) < 4.78 is 0. The number of benzene rings is 1. The van der Waals surface area contributed by atoms with Crippen molar-refractivity contribution in [1.29, 1.82) is 0 Å². The number of fused-ring (bicyclic) bond motifs is 3. The van der Waals surface area contributed by atoms with E-state index in [1.165, 1.54) is 37.9 Å². The van der Waals surface area contributed by atoms with E-state index in [1.807, 2.05) is 0 Å². The summed E-state index contributed by atoms with van der Waals surface area (Å²) in [6.07, 6.45) is 4.18. The van der Waals surface area contributed by atoms with Crippen LogP contribution in [0.15, 0.2) is 18.2 Å². The van der Waals surface area contributed by atoms with E-state index in [1.54, 1.807) is 11.1 Å². The monoisotopic (exact) mass is 187 g/mol. The van der Waals surface area contributed by atoms with Gasteiger partial charge in [-0.1, -0.05) is 24.6 Å². The van der Waals surface area contributed by atoms with Gasteiger partial charge in [-0.3, -0.25) is 4.90 Å². The molecule has 2 aliphatic heterocycles. The topological polar surface area (TPSA) is 3.24 Å². The van der Waals surface area contributed by atoms with Gasteiger partial charge in [0, 0.05) is 12.6 Å². The Morgan fingerprint density at radius 1 is 1.29 bits per heavy atom. The van der Waals surface area contributed by atoms with Gasteiger partial charge >= 0.3 is 0 Å². The first-order chi connectivity index (χ1) is 6.86. The standard InChI is InChI=1S/C13H17N/c1-10-5-4-6-11-9-14-8-3-2-7-12(14)13(10)11/h4-6,12H,2-3,7-9H2,1H3. The van der Waals surface area contributed by atoms with Gasteiger partial charge in [0.25, 0.3) is 0 Å². The fourth-order valence-corrected chi connectivity index (χ4v) is 3.08. The first-order valence-electron chi connectivity index (χ1n) is 5.69.